The Morgan fingerprint density at radius 1 is 1.44 bits per heavy atom. The molecule has 0 aliphatic carbocycles. The van der Waals surface area contributed by atoms with Crippen molar-refractivity contribution in [1.29, 1.82) is 0 Å². The average molecular weight is 538 g/mol. The number of nitrogens with zero attached hydrogens (tertiary/aromatic N) is 4. The number of rotatable bonds is 9. The molecule has 6 N–H and O–H groups in total. The maximum absolute atomic E-state index is 12.9. The van der Waals surface area contributed by atoms with Crippen molar-refractivity contribution in [2.24, 2.45) is 10.9 Å². The average Bonchev–Trinajstić information content (AvgIpc) is 3.46. The summed E-state index contributed by atoms with van der Waals surface area (Å²) in [6, 6.07) is -0.957. The van der Waals surface area contributed by atoms with Gasteiger partial charge in [0.05, 0.1) is 6.10 Å². The topological polar surface area (TPSA) is 203 Å². The van der Waals surface area contributed by atoms with Gasteiger partial charge in [-0.2, -0.15) is 5.06 Å². The number of amides is 3. The van der Waals surface area contributed by atoms with E-state index in [1.165, 1.54) is 29.3 Å². The second kappa shape index (κ2) is 10.7. The molecule has 2 fully saturated rings. The molecule has 36 heavy (non-hydrogen) atoms. The number of fused-ring (bicyclic) bond motifs is 1. The largest absolute Gasteiger partial charge is 0.477 e. The second-order valence-electron chi connectivity index (χ2n) is 7.85. The van der Waals surface area contributed by atoms with Crippen LogP contribution in [-0.4, -0.2) is 92.9 Å². The zero-order valence-corrected chi connectivity index (χ0v) is 20.6. The molecule has 1 aromatic rings. The standard InChI is InChI=1S/C20H23N7O7S2/c1-33-25-13(11-8-36-20(22)23-11)16(29)24-14-17(30)27-15(19(31)32)9(7-35-18(14)27)2-3-10-4-5-26(34-10)6-12(21)28/h2-3,8,10,14,18H,4-7H2,1H3,(H2,21,28)(H2,22,23)(H,24,29)(H,31,32)/b3-2+,25-13-/t10?,14-,18-/m1/s1. The molecule has 1 aromatic heterocycles. The molecule has 16 heteroatoms. The van der Waals surface area contributed by atoms with Crippen molar-refractivity contribution in [3.8, 4) is 0 Å². The molecule has 4 heterocycles. The lowest BCUT2D eigenvalue weighted by atomic mass is 10.0. The van der Waals surface area contributed by atoms with E-state index in [0.717, 1.165) is 16.2 Å². The lowest BCUT2D eigenvalue weighted by Gasteiger charge is -2.49. The number of hydrogen-bond donors (Lipinski definition) is 4. The summed E-state index contributed by atoms with van der Waals surface area (Å²) >= 11 is 2.43. The van der Waals surface area contributed by atoms with Gasteiger partial charge in [0.25, 0.3) is 11.8 Å². The van der Waals surface area contributed by atoms with Crippen LogP contribution in [0.1, 0.15) is 12.1 Å². The van der Waals surface area contributed by atoms with Crippen molar-refractivity contribution in [2.75, 3.05) is 31.7 Å². The number of nitrogen functional groups attached to an aromatic ring is 1. The number of carbonyl (C=O) groups is 4. The third-order valence-corrected chi connectivity index (χ3v) is 7.42. The first-order valence-corrected chi connectivity index (χ1v) is 12.5. The number of nitrogens with two attached hydrogens (primary N) is 2. The van der Waals surface area contributed by atoms with Crippen LogP contribution in [-0.2, 0) is 28.9 Å². The first-order valence-electron chi connectivity index (χ1n) is 10.6. The van der Waals surface area contributed by atoms with E-state index in [2.05, 4.69) is 15.5 Å². The summed E-state index contributed by atoms with van der Waals surface area (Å²) in [4.78, 5) is 64.3. The molecule has 2 saturated heterocycles. The first-order chi connectivity index (χ1) is 17.2. The summed E-state index contributed by atoms with van der Waals surface area (Å²) in [5, 5.41) is 18.7. The second-order valence-corrected chi connectivity index (χ2v) is 9.85. The van der Waals surface area contributed by atoms with Crippen LogP contribution in [0.15, 0.2) is 34.0 Å². The molecular weight excluding hydrogens is 514 g/mol. The number of carbonyl (C=O) groups excluding carboxylic acids is 3. The summed E-state index contributed by atoms with van der Waals surface area (Å²) in [5.41, 5.74) is 11.1. The number of aliphatic carboxylic acids is 1. The van der Waals surface area contributed by atoms with Crippen molar-refractivity contribution < 1.29 is 34.0 Å². The number of primary amides is 1. The Kier molecular flexibility index (Phi) is 7.58. The van der Waals surface area contributed by atoms with Gasteiger partial charge in [-0.05, 0) is 12.0 Å². The number of thiazole rings is 1. The van der Waals surface area contributed by atoms with Crippen LogP contribution in [0.5, 0.6) is 0 Å². The van der Waals surface area contributed by atoms with Crippen molar-refractivity contribution in [3.63, 3.8) is 0 Å². The molecule has 0 radical (unpaired) electrons. The molecule has 3 aliphatic heterocycles. The SMILES string of the molecule is CO/N=C(\C(=O)N[C@@H]1C(=O)N2C(C(=O)O)=C(/C=C/C3CCN(CC(N)=O)O3)CS[C@H]12)c1csc(N)n1. The van der Waals surface area contributed by atoms with E-state index in [1.807, 2.05) is 0 Å². The van der Waals surface area contributed by atoms with Gasteiger partial charge in [-0.1, -0.05) is 17.3 Å². The number of carboxylic acids is 1. The van der Waals surface area contributed by atoms with Crippen LogP contribution in [0.3, 0.4) is 0 Å². The Hall–Kier alpha value is -3.47. The molecule has 1 unspecified atom stereocenters. The predicted octanol–water partition coefficient (Wildman–Crippen LogP) is -1.14. The molecule has 0 aromatic carbocycles. The Morgan fingerprint density at radius 3 is 2.86 bits per heavy atom. The van der Waals surface area contributed by atoms with Gasteiger partial charge in [0.15, 0.2) is 10.8 Å². The van der Waals surface area contributed by atoms with E-state index in [1.54, 1.807) is 12.2 Å². The van der Waals surface area contributed by atoms with Crippen molar-refractivity contribution in [3.05, 3.63) is 34.5 Å². The van der Waals surface area contributed by atoms with Gasteiger partial charge in [0.2, 0.25) is 5.91 Å². The quantitative estimate of drug-likeness (QED) is 0.168. The molecule has 4 rings (SSSR count). The van der Waals surface area contributed by atoms with E-state index in [4.69, 9.17) is 21.1 Å². The van der Waals surface area contributed by atoms with Crippen molar-refractivity contribution in [1.82, 2.24) is 20.3 Å². The minimum atomic E-state index is -1.26. The molecule has 0 saturated carbocycles. The summed E-state index contributed by atoms with van der Waals surface area (Å²) in [7, 11) is 1.26. The number of allylic oxidation sites excluding steroid dienone is 1. The number of nitrogens with one attached hydrogen (secondary N) is 1. The molecule has 192 valence electrons. The minimum absolute atomic E-state index is 0.0347. The predicted molar refractivity (Wildman–Crippen MR) is 129 cm³/mol. The third kappa shape index (κ3) is 5.20. The van der Waals surface area contributed by atoms with Crippen LogP contribution in [0.2, 0.25) is 0 Å². The van der Waals surface area contributed by atoms with Gasteiger partial charge in [0.1, 0.15) is 36.5 Å². The van der Waals surface area contributed by atoms with E-state index >= 15 is 0 Å². The van der Waals surface area contributed by atoms with Gasteiger partial charge in [0, 0.05) is 17.7 Å². The molecule has 3 atom stereocenters. The molecule has 3 amide bonds. The van der Waals surface area contributed by atoms with Crippen molar-refractivity contribution in [2.45, 2.75) is 23.9 Å². The van der Waals surface area contributed by atoms with Gasteiger partial charge in [-0.25, -0.2) is 9.78 Å². The summed E-state index contributed by atoms with van der Waals surface area (Å²) in [6.45, 7) is 0.473. The number of β-lactam (4-membered cyclic amide) rings is 1. The number of anilines is 1. The maximum Gasteiger partial charge on any atom is 0.352 e. The van der Waals surface area contributed by atoms with E-state index in [0.29, 0.717) is 18.5 Å². The minimum Gasteiger partial charge on any atom is -0.477 e. The third-order valence-electron chi connectivity index (χ3n) is 5.44. The maximum atomic E-state index is 12.9. The van der Waals surface area contributed by atoms with E-state index < -0.39 is 35.1 Å². The van der Waals surface area contributed by atoms with Gasteiger partial charge in [-0.3, -0.25) is 24.1 Å². The highest BCUT2D eigenvalue weighted by atomic mass is 32.2. The summed E-state index contributed by atoms with van der Waals surface area (Å²) < 4.78 is 0. The highest BCUT2D eigenvalue weighted by Gasteiger charge is 2.54. The zero-order chi connectivity index (χ0) is 26.0. The van der Waals surface area contributed by atoms with Crippen LogP contribution in [0.25, 0.3) is 0 Å². The molecule has 14 nitrogen and oxygen atoms in total. The fourth-order valence-corrected chi connectivity index (χ4v) is 5.75. The molecule has 0 spiro atoms. The molecule has 3 aliphatic rings. The van der Waals surface area contributed by atoms with E-state index in [9.17, 15) is 24.3 Å². The normalized spacial score (nSPS) is 24.6. The molecule has 0 bridgehead atoms. The van der Waals surface area contributed by atoms with Crippen LogP contribution in [0, 0.1) is 0 Å². The molecular formula is C20H23N7O7S2. The fourth-order valence-electron chi connectivity index (χ4n) is 3.89. The first kappa shape index (κ1) is 25.6. The summed E-state index contributed by atoms with van der Waals surface area (Å²) in [6.07, 6.45) is 3.55. The zero-order valence-electron chi connectivity index (χ0n) is 18.9. The number of carboxylic acid groups (broad SMARTS) is 1. The number of thioether (sulfide) groups is 1. The Labute approximate surface area is 212 Å². The Balaban J connectivity index is 1.46. The lowest BCUT2D eigenvalue weighted by Crippen LogP contribution is -2.71. The number of aromatic nitrogens is 1. The number of hydroxylamine groups is 2. The fraction of sp³-hybridized carbons (Fsp3) is 0.400. The Morgan fingerprint density at radius 2 is 2.22 bits per heavy atom. The highest BCUT2D eigenvalue weighted by Crippen LogP contribution is 2.40. The number of oxime groups is 1. The Bertz CT molecular complexity index is 1180. The summed E-state index contributed by atoms with van der Waals surface area (Å²) in [5.74, 6) is -2.76. The monoisotopic (exact) mass is 537 g/mol. The van der Waals surface area contributed by atoms with Crippen LogP contribution >= 0.6 is 23.1 Å². The van der Waals surface area contributed by atoms with Crippen LogP contribution < -0.4 is 16.8 Å². The highest BCUT2D eigenvalue weighted by molar-refractivity contribution is 8.00. The van der Waals surface area contributed by atoms with Crippen LogP contribution in [0.4, 0.5) is 5.13 Å². The van der Waals surface area contributed by atoms with E-state index in [-0.39, 0.29) is 40.6 Å². The smallest absolute Gasteiger partial charge is 0.352 e. The van der Waals surface area contributed by atoms with Gasteiger partial charge in [-0.15, -0.1) is 23.1 Å². The van der Waals surface area contributed by atoms with Crippen molar-refractivity contribution >= 4 is 57.6 Å². The number of hydrogen-bond acceptors (Lipinski definition) is 12. The lowest BCUT2D eigenvalue weighted by molar-refractivity contribution is -0.150. The van der Waals surface area contributed by atoms with Gasteiger partial charge >= 0.3 is 5.97 Å². The van der Waals surface area contributed by atoms with Gasteiger partial charge < -0.3 is 26.7 Å².